The van der Waals surface area contributed by atoms with Crippen molar-refractivity contribution in [2.24, 2.45) is 0 Å². The second kappa shape index (κ2) is 34.4. The van der Waals surface area contributed by atoms with Crippen LogP contribution in [0.4, 0.5) is 0 Å². The summed E-state index contributed by atoms with van der Waals surface area (Å²) in [7, 11) is -5.02. The molecule has 13 heteroatoms. The van der Waals surface area contributed by atoms with Crippen molar-refractivity contribution in [2.75, 3.05) is 19.8 Å². The molecule has 1 aliphatic rings. The van der Waals surface area contributed by atoms with Gasteiger partial charge in [0.15, 0.2) is 0 Å². The molecule has 12 nitrogen and oxygen atoms in total. The zero-order valence-electron chi connectivity index (χ0n) is 34.7. The van der Waals surface area contributed by atoms with Crippen LogP contribution >= 0.6 is 7.82 Å². The van der Waals surface area contributed by atoms with Crippen molar-refractivity contribution in [1.29, 1.82) is 0 Å². The summed E-state index contributed by atoms with van der Waals surface area (Å²) in [6.45, 7) is 4.17. The molecule has 0 aliphatic heterocycles. The van der Waals surface area contributed by atoms with Gasteiger partial charge in [-0.05, 0) is 64.2 Å². The molecule has 0 aromatic rings. The Bertz CT molecular complexity index is 1070. The lowest BCUT2D eigenvalue weighted by atomic mass is 9.85. The number of unbranched alkanes of at least 4 members (excludes halogenated alkanes) is 18. The predicted molar refractivity (Wildman–Crippen MR) is 221 cm³/mol. The quantitative estimate of drug-likeness (QED) is 0.0154. The number of allylic oxidation sites excluding steroid dienone is 6. The second-order valence-corrected chi connectivity index (χ2v) is 16.6. The van der Waals surface area contributed by atoms with Crippen LogP contribution in [0.25, 0.3) is 0 Å². The summed E-state index contributed by atoms with van der Waals surface area (Å²) in [5, 5.41) is 50.1. The normalized spacial score (nSPS) is 23.4. The maximum atomic E-state index is 12.8. The zero-order valence-corrected chi connectivity index (χ0v) is 35.6. The Morgan fingerprint density at radius 3 is 1.57 bits per heavy atom. The first kappa shape index (κ1) is 52.6. The minimum absolute atomic E-state index is 0.0863. The molecule has 0 bridgehead atoms. The van der Waals surface area contributed by atoms with Gasteiger partial charge in [0.2, 0.25) is 0 Å². The fourth-order valence-electron chi connectivity index (χ4n) is 6.42. The fourth-order valence-corrected chi connectivity index (χ4v) is 7.40. The summed E-state index contributed by atoms with van der Waals surface area (Å²) >= 11 is 0. The number of phosphoric ester groups is 1. The van der Waals surface area contributed by atoms with Crippen molar-refractivity contribution < 1.29 is 58.3 Å². The number of phosphoric acid groups is 1. The van der Waals surface area contributed by atoms with E-state index in [1.54, 1.807) is 0 Å². The van der Waals surface area contributed by atoms with E-state index < -0.39 is 63.1 Å². The molecule has 0 amide bonds. The van der Waals surface area contributed by atoms with Crippen molar-refractivity contribution in [3.8, 4) is 0 Å². The van der Waals surface area contributed by atoms with Gasteiger partial charge in [0, 0.05) is 13.0 Å². The molecule has 1 rings (SSSR count). The fraction of sp³-hybridized carbons (Fsp3) is 0.837. The number of aliphatic hydroxyl groups excluding tert-OH is 5. The number of esters is 1. The minimum atomic E-state index is -5.02. The van der Waals surface area contributed by atoms with Crippen LogP contribution in [0, 0.1) is 0 Å². The lowest BCUT2D eigenvalue weighted by molar-refractivity contribution is -0.220. The highest BCUT2D eigenvalue weighted by Gasteiger charge is 2.51. The number of hydrogen-bond donors (Lipinski definition) is 6. The molecule has 6 unspecified atom stereocenters. The summed E-state index contributed by atoms with van der Waals surface area (Å²) in [5.41, 5.74) is 0. The minimum Gasteiger partial charge on any atom is -0.457 e. The van der Waals surface area contributed by atoms with E-state index in [9.17, 15) is 39.8 Å². The lowest BCUT2D eigenvalue weighted by Gasteiger charge is -2.41. The van der Waals surface area contributed by atoms with Crippen LogP contribution in [0.1, 0.15) is 168 Å². The Kier molecular flexibility index (Phi) is 32.3. The molecule has 1 aliphatic carbocycles. The van der Waals surface area contributed by atoms with Gasteiger partial charge >= 0.3 is 13.8 Å². The van der Waals surface area contributed by atoms with Gasteiger partial charge in [-0.3, -0.25) is 13.8 Å². The van der Waals surface area contributed by atoms with Crippen LogP contribution < -0.4 is 0 Å². The number of hydrogen-bond acceptors (Lipinski definition) is 11. The van der Waals surface area contributed by atoms with Crippen molar-refractivity contribution in [1.82, 2.24) is 0 Å². The molecule has 328 valence electrons. The van der Waals surface area contributed by atoms with Crippen LogP contribution in [-0.2, 0) is 27.9 Å². The number of aliphatic hydroxyl groups is 5. The van der Waals surface area contributed by atoms with Gasteiger partial charge in [0.05, 0.1) is 13.2 Å². The maximum absolute atomic E-state index is 12.8. The Balaban J connectivity index is 2.44. The van der Waals surface area contributed by atoms with E-state index in [0.29, 0.717) is 13.0 Å². The van der Waals surface area contributed by atoms with Gasteiger partial charge < -0.3 is 39.9 Å². The molecule has 1 saturated carbocycles. The van der Waals surface area contributed by atoms with E-state index in [1.807, 2.05) is 0 Å². The highest BCUT2D eigenvalue weighted by molar-refractivity contribution is 7.47. The summed E-state index contributed by atoms with van der Waals surface area (Å²) in [5.74, 6) is -0.494. The molecular formula is C43H79O12P. The topological polar surface area (TPSA) is 192 Å². The SMILES string of the molecule is CCCC/C=C\C/C=C\CCCCCCCC(=O)OC(COCCCCCCCC/C=C\CCCCCCC)COP(=O)(O)OC1C(O)C(O)C(O)C(O)C1O. The summed E-state index contributed by atoms with van der Waals surface area (Å²) in [6.07, 6.45) is 26.4. The number of carbonyl (C=O) groups is 1. The van der Waals surface area contributed by atoms with E-state index in [-0.39, 0.29) is 13.0 Å². The van der Waals surface area contributed by atoms with Crippen LogP contribution in [0.2, 0.25) is 0 Å². The smallest absolute Gasteiger partial charge is 0.457 e. The number of ether oxygens (including phenoxy) is 2. The van der Waals surface area contributed by atoms with E-state index >= 15 is 0 Å². The first-order valence-corrected chi connectivity index (χ1v) is 23.3. The van der Waals surface area contributed by atoms with E-state index in [1.165, 1.54) is 64.2 Å². The largest absolute Gasteiger partial charge is 0.472 e. The molecular weight excluding hydrogens is 739 g/mol. The van der Waals surface area contributed by atoms with E-state index in [4.69, 9.17) is 18.5 Å². The van der Waals surface area contributed by atoms with Crippen molar-refractivity contribution in [3.05, 3.63) is 36.5 Å². The molecule has 56 heavy (non-hydrogen) atoms. The van der Waals surface area contributed by atoms with E-state index in [0.717, 1.165) is 77.0 Å². The van der Waals surface area contributed by atoms with Crippen molar-refractivity contribution in [3.63, 3.8) is 0 Å². The number of rotatable bonds is 36. The molecule has 0 aromatic heterocycles. The van der Waals surface area contributed by atoms with Crippen LogP contribution in [0.5, 0.6) is 0 Å². The van der Waals surface area contributed by atoms with Gasteiger partial charge in [0.1, 0.15) is 42.7 Å². The standard InChI is InChI=1S/C43H79O12P/c1-3-5-7-9-11-13-15-17-19-21-23-25-27-29-31-33-52-34-36(35-53-56(50,51)55-43-41(48)39(46)38(45)40(47)42(43)49)54-37(44)32-30-28-26-24-22-20-18-16-14-12-10-8-6-4-2/h10,12,15-18,36,38-43,45-49H,3-9,11,13-14,19-35H2,1-2H3,(H,50,51)/b12-10-,17-15-,18-16-. The van der Waals surface area contributed by atoms with Crippen molar-refractivity contribution >= 4 is 13.8 Å². The Hall–Kier alpha value is -1.44. The molecule has 0 spiro atoms. The van der Waals surface area contributed by atoms with Crippen LogP contribution in [-0.4, -0.2) is 98.9 Å². The molecule has 0 saturated heterocycles. The first-order chi connectivity index (χ1) is 27.0. The first-order valence-electron chi connectivity index (χ1n) is 21.8. The average molecular weight is 819 g/mol. The lowest BCUT2D eigenvalue weighted by Crippen LogP contribution is -2.64. The molecule has 6 N–H and O–H groups in total. The highest BCUT2D eigenvalue weighted by atomic mass is 31.2. The Morgan fingerprint density at radius 2 is 1.02 bits per heavy atom. The molecule has 1 fully saturated rings. The molecule has 0 aromatic carbocycles. The predicted octanol–water partition coefficient (Wildman–Crippen LogP) is 8.31. The van der Waals surface area contributed by atoms with Crippen molar-refractivity contribution in [2.45, 2.75) is 211 Å². The van der Waals surface area contributed by atoms with Crippen LogP contribution in [0.15, 0.2) is 36.5 Å². The summed E-state index contributed by atoms with van der Waals surface area (Å²) in [6, 6.07) is 0. The average Bonchev–Trinajstić information content (AvgIpc) is 3.18. The maximum Gasteiger partial charge on any atom is 0.472 e. The Morgan fingerprint density at radius 1 is 0.571 bits per heavy atom. The third-order valence-corrected chi connectivity index (χ3v) is 11.0. The Labute approximate surface area is 338 Å². The second-order valence-electron chi connectivity index (χ2n) is 15.2. The van der Waals surface area contributed by atoms with Gasteiger partial charge in [-0.15, -0.1) is 0 Å². The zero-order chi connectivity index (χ0) is 41.3. The highest BCUT2D eigenvalue weighted by Crippen LogP contribution is 2.47. The van der Waals surface area contributed by atoms with Gasteiger partial charge in [0.25, 0.3) is 0 Å². The molecule has 0 radical (unpaired) electrons. The van der Waals surface area contributed by atoms with E-state index in [2.05, 4.69) is 50.3 Å². The molecule has 6 atom stereocenters. The van der Waals surface area contributed by atoms with Gasteiger partial charge in [-0.1, -0.05) is 134 Å². The summed E-state index contributed by atoms with van der Waals surface area (Å²) < 4.78 is 34.1. The molecule has 0 heterocycles. The summed E-state index contributed by atoms with van der Waals surface area (Å²) in [4.78, 5) is 23.1. The third-order valence-electron chi connectivity index (χ3n) is 9.99. The number of carbonyl (C=O) groups excluding carboxylic acids is 1. The van der Waals surface area contributed by atoms with Gasteiger partial charge in [-0.25, -0.2) is 4.57 Å². The monoisotopic (exact) mass is 819 g/mol. The third kappa shape index (κ3) is 26.5. The van der Waals surface area contributed by atoms with Crippen LogP contribution in [0.3, 0.4) is 0 Å². The van der Waals surface area contributed by atoms with Gasteiger partial charge in [-0.2, -0.15) is 0 Å².